The van der Waals surface area contributed by atoms with Crippen molar-refractivity contribution in [3.63, 3.8) is 0 Å². The molecular formula is C12H15ClF3NO. The zero-order chi connectivity index (χ0) is 13.8. The quantitative estimate of drug-likeness (QED) is 0.893. The van der Waals surface area contributed by atoms with E-state index in [1.165, 1.54) is 0 Å². The first kappa shape index (κ1) is 15.3. The second-order valence-electron chi connectivity index (χ2n) is 3.97. The molecule has 0 aliphatic carbocycles. The molecule has 18 heavy (non-hydrogen) atoms. The van der Waals surface area contributed by atoms with Gasteiger partial charge >= 0.3 is 6.18 Å². The lowest BCUT2D eigenvalue weighted by Crippen LogP contribution is -2.32. The van der Waals surface area contributed by atoms with Crippen LogP contribution in [0.15, 0.2) is 24.3 Å². The summed E-state index contributed by atoms with van der Waals surface area (Å²) in [5, 5.41) is 0.512. The molecule has 2 unspecified atom stereocenters. The topological polar surface area (TPSA) is 35.2 Å². The molecular weight excluding hydrogens is 267 g/mol. The average molecular weight is 282 g/mol. The predicted octanol–water partition coefficient (Wildman–Crippen LogP) is 3.70. The van der Waals surface area contributed by atoms with Crippen molar-refractivity contribution in [1.29, 1.82) is 0 Å². The van der Waals surface area contributed by atoms with E-state index in [1.807, 2.05) is 0 Å². The molecule has 0 spiro atoms. The normalized spacial score (nSPS) is 15.4. The van der Waals surface area contributed by atoms with Gasteiger partial charge in [-0.15, -0.1) is 0 Å². The Bertz CT molecular complexity index is 367. The van der Waals surface area contributed by atoms with Crippen molar-refractivity contribution in [3.8, 4) is 0 Å². The van der Waals surface area contributed by atoms with Gasteiger partial charge in [-0.3, -0.25) is 0 Å². The third kappa shape index (κ3) is 4.84. The lowest BCUT2D eigenvalue weighted by atomic mass is 10.0. The summed E-state index contributed by atoms with van der Waals surface area (Å²) in [7, 11) is 0. The molecule has 2 N–H and O–H groups in total. The summed E-state index contributed by atoms with van der Waals surface area (Å²) in [6.07, 6.45) is -4.63. The molecule has 0 aliphatic heterocycles. The van der Waals surface area contributed by atoms with Crippen LogP contribution < -0.4 is 5.73 Å². The molecule has 0 fully saturated rings. The van der Waals surface area contributed by atoms with Crippen molar-refractivity contribution in [2.24, 2.45) is 5.73 Å². The number of hydrogen-bond acceptors (Lipinski definition) is 2. The van der Waals surface area contributed by atoms with Gasteiger partial charge in [-0.05, 0) is 24.1 Å². The largest absolute Gasteiger partial charge is 0.411 e. The van der Waals surface area contributed by atoms with Crippen LogP contribution in [0.4, 0.5) is 13.2 Å². The van der Waals surface area contributed by atoms with E-state index in [0.29, 0.717) is 17.0 Å². The van der Waals surface area contributed by atoms with Crippen molar-refractivity contribution < 1.29 is 17.9 Å². The summed E-state index contributed by atoms with van der Waals surface area (Å²) >= 11 is 5.73. The summed E-state index contributed by atoms with van der Waals surface area (Å²) in [4.78, 5) is 0. The maximum absolute atomic E-state index is 12.2. The van der Waals surface area contributed by atoms with Gasteiger partial charge in [-0.2, -0.15) is 13.2 Å². The summed E-state index contributed by atoms with van der Waals surface area (Å²) < 4.78 is 41.4. The Morgan fingerprint density at radius 2 is 1.83 bits per heavy atom. The standard InChI is InChI=1S/C12H15ClF3NO/c1-2-10(17)11(18-7-12(14,15)16)8-3-5-9(13)6-4-8/h3-6,10-11H,2,7,17H2,1H3. The number of hydrogen-bond donors (Lipinski definition) is 1. The van der Waals surface area contributed by atoms with Gasteiger partial charge < -0.3 is 10.5 Å². The highest BCUT2D eigenvalue weighted by Crippen LogP contribution is 2.26. The lowest BCUT2D eigenvalue weighted by molar-refractivity contribution is -0.188. The van der Waals surface area contributed by atoms with E-state index in [1.54, 1.807) is 31.2 Å². The fraction of sp³-hybridized carbons (Fsp3) is 0.500. The van der Waals surface area contributed by atoms with Crippen LogP contribution in [0.1, 0.15) is 25.0 Å². The molecule has 102 valence electrons. The van der Waals surface area contributed by atoms with Crippen LogP contribution in [0.3, 0.4) is 0 Å². The fourth-order valence-electron chi connectivity index (χ4n) is 1.52. The van der Waals surface area contributed by atoms with Crippen LogP contribution in [-0.2, 0) is 4.74 Å². The molecule has 0 amide bonds. The number of benzene rings is 1. The molecule has 6 heteroatoms. The molecule has 1 rings (SSSR count). The average Bonchev–Trinajstić information content (AvgIpc) is 2.29. The van der Waals surface area contributed by atoms with Gasteiger partial charge in [0.25, 0.3) is 0 Å². The second kappa shape index (κ2) is 6.41. The van der Waals surface area contributed by atoms with Crippen LogP contribution in [0.2, 0.25) is 5.02 Å². The summed E-state index contributed by atoms with van der Waals surface area (Å²) in [5.41, 5.74) is 6.39. The Balaban J connectivity index is 2.81. The van der Waals surface area contributed by atoms with E-state index in [4.69, 9.17) is 22.1 Å². The number of halogens is 4. The minimum Gasteiger partial charge on any atom is -0.362 e. The highest BCUT2D eigenvalue weighted by molar-refractivity contribution is 6.30. The number of nitrogens with two attached hydrogens (primary N) is 1. The number of ether oxygens (including phenoxy) is 1. The first-order chi connectivity index (χ1) is 8.33. The molecule has 2 nitrogen and oxygen atoms in total. The molecule has 0 heterocycles. The molecule has 0 aromatic heterocycles. The Hall–Kier alpha value is -0.780. The Kier molecular flexibility index (Phi) is 5.44. The van der Waals surface area contributed by atoms with Crippen molar-refractivity contribution in [3.05, 3.63) is 34.9 Å². The second-order valence-corrected chi connectivity index (χ2v) is 4.41. The molecule has 0 radical (unpaired) electrons. The minimum absolute atomic E-state index is 0.492. The van der Waals surface area contributed by atoms with Crippen molar-refractivity contribution >= 4 is 11.6 Å². The van der Waals surface area contributed by atoms with Gasteiger partial charge in [0.1, 0.15) is 6.61 Å². The molecule has 0 saturated carbocycles. The third-order valence-electron chi connectivity index (χ3n) is 2.49. The SMILES string of the molecule is CCC(N)C(OCC(F)(F)F)c1ccc(Cl)cc1. The van der Waals surface area contributed by atoms with Crippen LogP contribution in [0, 0.1) is 0 Å². The maximum atomic E-state index is 12.2. The van der Waals surface area contributed by atoms with Gasteiger partial charge in [-0.25, -0.2) is 0 Å². The van der Waals surface area contributed by atoms with E-state index < -0.39 is 24.9 Å². The van der Waals surface area contributed by atoms with Gasteiger partial charge in [0.2, 0.25) is 0 Å². The smallest absolute Gasteiger partial charge is 0.362 e. The molecule has 0 aliphatic rings. The van der Waals surface area contributed by atoms with Crippen LogP contribution >= 0.6 is 11.6 Å². The van der Waals surface area contributed by atoms with E-state index >= 15 is 0 Å². The maximum Gasteiger partial charge on any atom is 0.411 e. The van der Waals surface area contributed by atoms with Crippen molar-refractivity contribution in [2.75, 3.05) is 6.61 Å². The summed E-state index contributed by atoms with van der Waals surface area (Å²) in [6.45, 7) is 0.485. The number of alkyl halides is 3. The number of rotatable bonds is 5. The van der Waals surface area contributed by atoms with Crippen LogP contribution in [0.25, 0.3) is 0 Å². The zero-order valence-electron chi connectivity index (χ0n) is 9.88. The van der Waals surface area contributed by atoms with Crippen LogP contribution in [-0.4, -0.2) is 18.8 Å². The Morgan fingerprint density at radius 1 is 1.28 bits per heavy atom. The molecule has 1 aromatic rings. The van der Waals surface area contributed by atoms with Gasteiger partial charge in [0.15, 0.2) is 0 Å². The zero-order valence-corrected chi connectivity index (χ0v) is 10.6. The highest BCUT2D eigenvalue weighted by Gasteiger charge is 2.31. The van der Waals surface area contributed by atoms with E-state index in [-0.39, 0.29) is 0 Å². The molecule has 1 aromatic carbocycles. The van der Waals surface area contributed by atoms with E-state index in [2.05, 4.69) is 0 Å². The monoisotopic (exact) mass is 281 g/mol. The van der Waals surface area contributed by atoms with Crippen molar-refractivity contribution in [1.82, 2.24) is 0 Å². The first-order valence-electron chi connectivity index (χ1n) is 5.53. The summed E-state index contributed by atoms with van der Waals surface area (Å²) in [6, 6.07) is 5.96. The Morgan fingerprint density at radius 3 is 2.28 bits per heavy atom. The predicted molar refractivity (Wildman–Crippen MR) is 64.5 cm³/mol. The van der Waals surface area contributed by atoms with E-state index in [0.717, 1.165) is 0 Å². The van der Waals surface area contributed by atoms with Crippen molar-refractivity contribution in [2.45, 2.75) is 31.7 Å². The van der Waals surface area contributed by atoms with Gasteiger partial charge in [0.05, 0.1) is 6.10 Å². The fourth-order valence-corrected chi connectivity index (χ4v) is 1.64. The van der Waals surface area contributed by atoms with Gasteiger partial charge in [0, 0.05) is 11.1 Å². The molecule has 2 atom stereocenters. The Labute approximate surface area is 109 Å². The minimum atomic E-state index is -4.36. The molecule has 0 saturated heterocycles. The van der Waals surface area contributed by atoms with E-state index in [9.17, 15) is 13.2 Å². The van der Waals surface area contributed by atoms with Gasteiger partial charge in [-0.1, -0.05) is 30.7 Å². The molecule has 0 bridgehead atoms. The first-order valence-corrected chi connectivity index (χ1v) is 5.90. The third-order valence-corrected chi connectivity index (χ3v) is 2.74. The summed E-state index contributed by atoms with van der Waals surface area (Å²) in [5.74, 6) is 0. The lowest BCUT2D eigenvalue weighted by Gasteiger charge is -2.24. The van der Waals surface area contributed by atoms with Crippen LogP contribution in [0.5, 0.6) is 0 Å². The highest BCUT2D eigenvalue weighted by atomic mass is 35.5.